The highest BCUT2D eigenvalue weighted by molar-refractivity contribution is 5.97. The molecular weight excluding hydrogens is 342 g/mol. The number of carbonyl (C=O) groups excluding carboxylic acids is 1. The van der Waals surface area contributed by atoms with Crippen molar-refractivity contribution in [3.05, 3.63) is 35.2 Å². The first-order chi connectivity index (χ1) is 13.0. The van der Waals surface area contributed by atoms with Gasteiger partial charge in [0.2, 0.25) is 5.95 Å². The molecule has 144 valence electrons. The Morgan fingerprint density at radius 3 is 2.44 bits per heavy atom. The summed E-state index contributed by atoms with van der Waals surface area (Å²) in [6.07, 6.45) is 4.85. The van der Waals surface area contributed by atoms with Crippen LogP contribution in [-0.2, 0) is 6.42 Å². The predicted octanol–water partition coefficient (Wildman–Crippen LogP) is 1.53. The van der Waals surface area contributed by atoms with Crippen LogP contribution in [0.3, 0.4) is 0 Å². The van der Waals surface area contributed by atoms with Crippen LogP contribution < -0.4 is 21.3 Å². The largest absolute Gasteiger partial charge is 0.368 e. The number of anilines is 3. The van der Waals surface area contributed by atoms with E-state index in [2.05, 4.69) is 31.7 Å². The van der Waals surface area contributed by atoms with Crippen molar-refractivity contribution in [1.29, 1.82) is 0 Å². The lowest BCUT2D eigenvalue weighted by Gasteiger charge is -2.37. The fraction of sp³-hybridized carbons (Fsp3) is 0.474. The van der Waals surface area contributed by atoms with Crippen LogP contribution in [0, 0.1) is 6.92 Å². The average molecular weight is 369 g/mol. The molecule has 3 rings (SSSR count). The van der Waals surface area contributed by atoms with E-state index in [-0.39, 0.29) is 0 Å². The number of hydrogen-bond donors (Lipinski definition) is 2. The topological polar surface area (TPSA) is 114 Å². The summed E-state index contributed by atoms with van der Waals surface area (Å²) in [5.41, 5.74) is 14.0. The smallest absolute Gasteiger partial charge is 0.252 e. The fourth-order valence-corrected chi connectivity index (χ4v) is 3.48. The zero-order chi connectivity index (χ0) is 19.4. The minimum atomic E-state index is -0.457. The van der Waals surface area contributed by atoms with Crippen LogP contribution in [0.1, 0.15) is 41.4 Å². The van der Waals surface area contributed by atoms with E-state index in [0.29, 0.717) is 17.3 Å². The van der Waals surface area contributed by atoms with Crippen LogP contribution in [0.4, 0.5) is 17.6 Å². The van der Waals surface area contributed by atoms with Crippen molar-refractivity contribution in [3.8, 4) is 0 Å². The summed E-state index contributed by atoms with van der Waals surface area (Å²) in [7, 11) is 0. The molecule has 1 aliphatic heterocycles. The standard InChI is InChI=1S/C19H27N7O/c1-3-4-6-14-13(2)23-19(21)24-18(14)26-11-9-25(10-12-26)17-15(16(20)27)7-5-8-22-17/h5,7-8H,3-4,6,9-12H2,1-2H3,(H2,20,27)(H2,21,23,24). The molecule has 0 aliphatic carbocycles. The molecule has 0 bridgehead atoms. The summed E-state index contributed by atoms with van der Waals surface area (Å²) in [5.74, 6) is 1.44. The Bertz CT molecular complexity index is 816. The quantitative estimate of drug-likeness (QED) is 0.793. The predicted molar refractivity (Wildman–Crippen MR) is 107 cm³/mol. The number of piperazine rings is 1. The zero-order valence-electron chi connectivity index (χ0n) is 16.0. The highest BCUT2D eigenvalue weighted by Gasteiger charge is 2.24. The Labute approximate surface area is 159 Å². The first-order valence-corrected chi connectivity index (χ1v) is 9.39. The number of carbonyl (C=O) groups is 1. The Morgan fingerprint density at radius 2 is 1.81 bits per heavy atom. The second-order valence-electron chi connectivity index (χ2n) is 6.79. The van der Waals surface area contributed by atoms with E-state index >= 15 is 0 Å². The molecule has 1 amide bonds. The maximum atomic E-state index is 11.7. The van der Waals surface area contributed by atoms with Gasteiger partial charge in [0.1, 0.15) is 11.6 Å². The molecule has 0 spiro atoms. The summed E-state index contributed by atoms with van der Waals surface area (Å²) in [6.45, 7) is 7.17. The Kier molecular flexibility index (Phi) is 5.73. The lowest BCUT2D eigenvalue weighted by molar-refractivity contribution is 0.100. The molecule has 0 radical (unpaired) electrons. The van der Waals surface area contributed by atoms with Gasteiger partial charge in [-0.3, -0.25) is 4.79 Å². The SMILES string of the molecule is CCCCc1c(C)nc(N)nc1N1CCN(c2ncccc2C(N)=O)CC1. The molecule has 2 aromatic rings. The number of aryl methyl sites for hydroxylation is 1. The number of nitrogens with zero attached hydrogens (tertiary/aromatic N) is 5. The third kappa shape index (κ3) is 4.10. The minimum Gasteiger partial charge on any atom is -0.368 e. The van der Waals surface area contributed by atoms with Crippen molar-refractivity contribution < 1.29 is 4.79 Å². The number of nitrogen functional groups attached to an aromatic ring is 1. The Balaban J connectivity index is 1.79. The number of rotatable bonds is 6. The van der Waals surface area contributed by atoms with Gasteiger partial charge < -0.3 is 21.3 Å². The number of unbranched alkanes of at least 4 members (excludes halogenated alkanes) is 1. The lowest BCUT2D eigenvalue weighted by atomic mass is 10.1. The van der Waals surface area contributed by atoms with Gasteiger partial charge in [-0.25, -0.2) is 9.97 Å². The molecule has 4 N–H and O–H groups in total. The molecule has 8 nitrogen and oxygen atoms in total. The molecule has 0 aromatic carbocycles. The normalized spacial score (nSPS) is 14.4. The molecule has 1 saturated heterocycles. The summed E-state index contributed by atoms with van der Waals surface area (Å²) >= 11 is 0. The highest BCUT2D eigenvalue weighted by atomic mass is 16.1. The van der Waals surface area contributed by atoms with Crippen LogP contribution in [0.25, 0.3) is 0 Å². The van der Waals surface area contributed by atoms with E-state index in [4.69, 9.17) is 11.5 Å². The molecule has 0 atom stereocenters. The van der Waals surface area contributed by atoms with Gasteiger partial charge in [0, 0.05) is 43.6 Å². The molecule has 1 aliphatic rings. The van der Waals surface area contributed by atoms with Crippen LogP contribution >= 0.6 is 0 Å². The number of nitrogens with two attached hydrogens (primary N) is 2. The third-order valence-electron chi connectivity index (χ3n) is 4.92. The van der Waals surface area contributed by atoms with E-state index in [9.17, 15) is 4.79 Å². The lowest BCUT2D eigenvalue weighted by Crippen LogP contribution is -2.48. The average Bonchev–Trinajstić information content (AvgIpc) is 2.67. The van der Waals surface area contributed by atoms with Crippen molar-refractivity contribution in [1.82, 2.24) is 15.0 Å². The maximum absolute atomic E-state index is 11.7. The van der Waals surface area contributed by atoms with Gasteiger partial charge in [0.05, 0.1) is 5.56 Å². The fourth-order valence-electron chi connectivity index (χ4n) is 3.48. The second kappa shape index (κ2) is 8.20. The van der Waals surface area contributed by atoms with Crippen LogP contribution in [0.2, 0.25) is 0 Å². The third-order valence-corrected chi connectivity index (χ3v) is 4.92. The van der Waals surface area contributed by atoms with Crippen LogP contribution in [0.15, 0.2) is 18.3 Å². The second-order valence-corrected chi connectivity index (χ2v) is 6.79. The Hall–Kier alpha value is -2.90. The highest BCUT2D eigenvalue weighted by Crippen LogP contribution is 2.26. The number of pyridine rings is 1. The molecule has 2 aromatic heterocycles. The monoisotopic (exact) mass is 369 g/mol. The summed E-state index contributed by atoms with van der Waals surface area (Å²) in [5, 5.41) is 0. The number of amides is 1. The van der Waals surface area contributed by atoms with E-state index in [1.54, 1.807) is 18.3 Å². The van der Waals surface area contributed by atoms with Crippen molar-refractivity contribution >= 4 is 23.5 Å². The van der Waals surface area contributed by atoms with Crippen molar-refractivity contribution in [2.24, 2.45) is 5.73 Å². The maximum Gasteiger partial charge on any atom is 0.252 e. The molecule has 0 saturated carbocycles. The molecular formula is C19H27N7O. The summed E-state index contributed by atoms with van der Waals surface area (Å²) < 4.78 is 0. The van der Waals surface area contributed by atoms with Gasteiger partial charge >= 0.3 is 0 Å². The van der Waals surface area contributed by atoms with E-state index in [1.165, 1.54) is 5.56 Å². The molecule has 27 heavy (non-hydrogen) atoms. The Morgan fingerprint density at radius 1 is 1.15 bits per heavy atom. The zero-order valence-corrected chi connectivity index (χ0v) is 16.0. The van der Waals surface area contributed by atoms with Crippen molar-refractivity contribution in [3.63, 3.8) is 0 Å². The van der Waals surface area contributed by atoms with E-state index < -0.39 is 5.91 Å². The molecule has 1 fully saturated rings. The van der Waals surface area contributed by atoms with Gasteiger partial charge in [-0.1, -0.05) is 13.3 Å². The first-order valence-electron chi connectivity index (χ1n) is 9.39. The van der Waals surface area contributed by atoms with Gasteiger partial charge in [-0.2, -0.15) is 4.98 Å². The van der Waals surface area contributed by atoms with Gasteiger partial charge in [0.15, 0.2) is 0 Å². The van der Waals surface area contributed by atoms with E-state index in [0.717, 1.165) is 57.0 Å². The summed E-state index contributed by atoms with van der Waals surface area (Å²) in [4.78, 5) is 29.3. The molecule has 0 unspecified atom stereocenters. The van der Waals surface area contributed by atoms with Crippen LogP contribution in [-0.4, -0.2) is 47.0 Å². The van der Waals surface area contributed by atoms with Gasteiger partial charge in [0.25, 0.3) is 5.91 Å². The minimum absolute atomic E-state index is 0.311. The molecule has 3 heterocycles. The van der Waals surface area contributed by atoms with Crippen molar-refractivity contribution in [2.45, 2.75) is 33.1 Å². The molecule has 8 heteroatoms. The number of hydrogen-bond acceptors (Lipinski definition) is 7. The first kappa shape index (κ1) is 18.9. The number of primary amides is 1. The van der Waals surface area contributed by atoms with Crippen LogP contribution in [0.5, 0.6) is 0 Å². The van der Waals surface area contributed by atoms with Gasteiger partial charge in [-0.05, 0) is 31.9 Å². The van der Waals surface area contributed by atoms with Gasteiger partial charge in [-0.15, -0.1) is 0 Å². The van der Waals surface area contributed by atoms with E-state index in [1.807, 2.05) is 6.92 Å². The number of aromatic nitrogens is 3. The summed E-state index contributed by atoms with van der Waals surface area (Å²) in [6, 6.07) is 3.45. The van der Waals surface area contributed by atoms with Crippen molar-refractivity contribution in [2.75, 3.05) is 41.7 Å².